The zero-order valence-corrected chi connectivity index (χ0v) is 23.5. The average molecular weight is 603 g/mol. The second-order valence-electron chi connectivity index (χ2n) is 7.26. The molecule has 4 aromatic carbocycles. The van der Waals surface area contributed by atoms with E-state index in [4.69, 9.17) is 14.2 Å². The highest BCUT2D eigenvalue weighted by Crippen LogP contribution is 2.62. The zero-order chi connectivity index (χ0) is 24.4. The van der Waals surface area contributed by atoms with Gasteiger partial charge in [-0.25, -0.2) is 0 Å². The van der Waals surface area contributed by atoms with Crippen LogP contribution in [0.1, 0.15) is 5.56 Å². The number of ether oxygens (including phenoxy) is 3. The Labute approximate surface area is 219 Å². The second kappa shape index (κ2) is 12.9. The lowest BCUT2D eigenvalue weighted by Gasteiger charge is -2.19. The highest BCUT2D eigenvalue weighted by molar-refractivity contribution is 9.44. The van der Waals surface area contributed by atoms with E-state index in [2.05, 4.69) is 122 Å². The maximum atomic E-state index is 5.20. The lowest BCUT2D eigenvalue weighted by Crippen LogP contribution is -2.26. The van der Waals surface area contributed by atoms with Crippen LogP contribution in [0.4, 0.5) is 0 Å². The Hall–Kier alpha value is -2.33. The Bertz CT molecular complexity index is 1030. The van der Waals surface area contributed by atoms with Gasteiger partial charge in [0, 0.05) is 5.33 Å². The maximum absolute atomic E-state index is 5.20. The summed E-state index contributed by atoms with van der Waals surface area (Å²) in [5.41, 5.74) is 1.08. The van der Waals surface area contributed by atoms with Crippen LogP contribution in [0, 0.1) is 0 Å². The van der Waals surface area contributed by atoms with Crippen LogP contribution in [-0.2, 0) is 5.33 Å². The van der Waals surface area contributed by atoms with Gasteiger partial charge in [-0.05, 0) is 54.1 Å². The molecule has 0 fully saturated rings. The lowest BCUT2D eigenvalue weighted by atomic mass is 10.2. The van der Waals surface area contributed by atoms with Gasteiger partial charge in [0.05, 0.1) is 21.3 Å². The van der Waals surface area contributed by atoms with E-state index in [-0.39, 0.29) is 0 Å². The molecule has 4 aromatic rings. The van der Waals surface area contributed by atoms with Crippen molar-refractivity contribution in [3.05, 3.63) is 109 Å². The molecule has 0 radical (unpaired) electrons. The van der Waals surface area contributed by atoms with Crippen molar-refractivity contribution in [1.29, 1.82) is 0 Å². The largest absolute Gasteiger partial charge is 0.493 e. The Morgan fingerprint density at radius 2 is 0.941 bits per heavy atom. The van der Waals surface area contributed by atoms with Gasteiger partial charge < -0.3 is 14.2 Å². The topological polar surface area (TPSA) is 27.7 Å². The van der Waals surface area contributed by atoms with Crippen LogP contribution in [0.5, 0.6) is 17.2 Å². The molecule has 0 aliphatic heterocycles. The molecule has 3 nitrogen and oxygen atoms in total. The fourth-order valence-electron chi connectivity index (χ4n) is 3.56. The summed E-state index contributed by atoms with van der Waals surface area (Å²) < 4.78 is 15.6. The van der Waals surface area contributed by atoms with E-state index in [1.165, 1.54) is 15.9 Å². The summed E-state index contributed by atoms with van der Waals surface area (Å²) in [7, 11) is 4.80. The number of methoxy groups -OCH3 is 3. The summed E-state index contributed by atoms with van der Waals surface area (Å²) in [6.07, 6.45) is 0. The molecule has 4 rings (SSSR count). The van der Waals surface area contributed by atoms with E-state index in [1.807, 2.05) is 12.1 Å². The van der Waals surface area contributed by atoms with Gasteiger partial charge in [0.25, 0.3) is 0 Å². The van der Waals surface area contributed by atoms with E-state index in [0.717, 1.165) is 10.9 Å². The van der Waals surface area contributed by atoms with Crippen LogP contribution in [0.25, 0.3) is 0 Å². The lowest BCUT2D eigenvalue weighted by molar-refractivity contribution is 0.324. The molecule has 0 saturated heterocycles. The Morgan fingerprint density at radius 3 is 1.21 bits per heavy atom. The first-order chi connectivity index (χ1) is 16.6. The first-order valence-electron chi connectivity index (χ1n) is 10.7. The van der Waals surface area contributed by atoms with Gasteiger partial charge in [-0.2, -0.15) is 0 Å². The van der Waals surface area contributed by atoms with Crippen molar-refractivity contribution in [2.24, 2.45) is 0 Å². The standard InChI is InChI=1S/C18H15BrP.C10H13BrO3/c19-20(16-10-4-1-5-11-16,17-12-6-2-7-13-17)18-14-8-3-9-15-18;1-12-8-4-7(6-11)5-9(13-2)10(8)14-3/h1-15H;4-5H,6H2,1-3H3/q+1;. The number of benzene rings is 4. The molecular weight excluding hydrogens is 575 g/mol. The first kappa shape index (κ1) is 26.3. The molecule has 34 heavy (non-hydrogen) atoms. The van der Waals surface area contributed by atoms with Crippen molar-refractivity contribution in [3.8, 4) is 17.2 Å². The molecule has 0 aromatic heterocycles. The number of hydrogen-bond acceptors (Lipinski definition) is 3. The minimum absolute atomic E-state index is 0.625. The van der Waals surface area contributed by atoms with Crippen molar-refractivity contribution in [3.63, 3.8) is 0 Å². The van der Waals surface area contributed by atoms with Crippen LogP contribution < -0.4 is 30.1 Å². The van der Waals surface area contributed by atoms with Gasteiger partial charge in [-0.3, -0.25) is 0 Å². The van der Waals surface area contributed by atoms with Gasteiger partial charge >= 0.3 is 0 Å². The summed E-state index contributed by atoms with van der Waals surface area (Å²) in [6.45, 7) is 0. The van der Waals surface area contributed by atoms with Crippen molar-refractivity contribution in [2.45, 2.75) is 5.33 Å². The van der Waals surface area contributed by atoms with Gasteiger partial charge in [0.15, 0.2) is 33.0 Å². The predicted octanol–water partition coefficient (Wildman–Crippen LogP) is 6.90. The molecule has 176 valence electrons. The third-order valence-electron chi connectivity index (χ3n) is 5.21. The van der Waals surface area contributed by atoms with E-state index in [1.54, 1.807) is 21.3 Å². The molecule has 0 saturated carbocycles. The molecular formula is C28H28Br2O3P+. The molecule has 0 aliphatic carbocycles. The quantitative estimate of drug-likeness (QED) is 0.170. The minimum atomic E-state index is -1.71. The summed E-state index contributed by atoms with van der Waals surface area (Å²) in [4.78, 5) is 0. The third-order valence-corrected chi connectivity index (χ3v) is 12.6. The SMILES string of the molecule is Br[P+](c1ccccc1)(c1ccccc1)c1ccccc1.COc1cc(CBr)cc(OC)c1OC. The number of halogens is 2. The summed E-state index contributed by atoms with van der Waals surface area (Å²) in [5.74, 6) is 0.274. The van der Waals surface area contributed by atoms with E-state index < -0.39 is 5.96 Å². The number of alkyl halides is 1. The molecule has 0 unspecified atom stereocenters. The molecule has 0 spiro atoms. The van der Waals surface area contributed by atoms with E-state index in [0.29, 0.717) is 17.2 Å². The van der Waals surface area contributed by atoms with Gasteiger partial charge in [0.2, 0.25) is 5.75 Å². The molecule has 0 atom stereocenters. The average Bonchev–Trinajstić information content (AvgIpc) is 2.93. The van der Waals surface area contributed by atoms with Crippen LogP contribution in [0.3, 0.4) is 0 Å². The minimum Gasteiger partial charge on any atom is -0.493 e. The third kappa shape index (κ3) is 6.02. The fourth-order valence-corrected chi connectivity index (χ4v) is 8.65. The molecule has 0 bridgehead atoms. The van der Waals surface area contributed by atoms with Crippen molar-refractivity contribution < 1.29 is 14.2 Å². The molecule has 0 heterocycles. The summed E-state index contributed by atoms with van der Waals surface area (Å²) in [5, 5.41) is 4.79. The van der Waals surface area contributed by atoms with Crippen LogP contribution in [0.2, 0.25) is 0 Å². The van der Waals surface area contributed by atoms with E-state index >= 15 is 0 Å². The van der Waals surface area contributed by atoms with Gasteiger partial charge in [0.1, 0.15) is 15.9 Å². The highest BCUT2D eigenvalue weighted by Gasteiger charge is 2.43. The molecule has 0 aliphatic rings. The summed E-state index contributed by atoms with van der Waals surface area (Å²) >= 11 is 7.50. The Morgan fingerprint density at radius 1 is 0.588 bits per heavy atom. The maximum Gasteiger partial charge on any atom is 0.203 e. The molecule has 0 amide bonds. The predicted molar refractivity (Wildman–Crippen MR) is 153 cm³/mol. The number of rotatable bonds is 7. The number of hydrogen-bond donors (Lipinski definition) is 0. The van der Waals surface area contributed by atoms with Gasteiger partial charge in [-0.1, -0.05) is 70.5 Å². The smallest absolute Gasteiger partial charge is 0.203 e. The molecule has 0 N–H and O–H groups in total. The van der Waals surface area contributed by atoms with E-state index in [9.17, 15) is 0 Å². The Balaban J connectivity index is 0.000000204. The van der Waals surface area contributed by atoms with Crippen LogP contribution >= 0.6 is 37.4 Å². The summed E-state index contributed by atoms with van der Waals surface area (Å²) in [6, 6.07) is 35.9. The normalized spacial score (nSPS) is 10.6. The zero-order valence-electron chi connectivity index (χ0n) is 19.4. The fraction of sp³-hybridized carbons (Fsp3) is 0.143. The van der Waals surface area contributed by atoms with Crippen molar-refractivity contribution >= 4 is 53.3 Å². The van der Waals surface area contributed by atoms with Crippen LogP contribution in [0.15, 0.2) is 103 Å². The first-order valence-corrected chi connectivity index (χ1v) is 15.6. The molecule has 6 heteroatoms. The highest BCUT2D eigenvalue weighted by atomic mass is 79.9. The van der Waals surface area contributed by atoms with Gasteiger partial charge in [-0.15, -0.1) is 0 Å². The Kier molecular flexibility index (Phi) is 10.0. The van der Waals surface area contributed by atoms with Crippen LogP contribution in [-0.4, -0.2) is 21.3 Å². The van der Waals surface area contributed by atoms with Crippen molar-refractivity contribution in [2.75, 3.05) is 21.3 Å². The second-order valence-corrected chi connectivity index (χ2v) is 13.7. The van der Waals surface area contributed by atoms with Crippen molar-refractivity contribution in [1.82, 2.24) is 0 Å². The monoisotopic (exact) mass is 601 g/mol.